The van der Waals surface area contributed by atoms with E-state index >= 15 is 0 Å². The molecule has 100 valence electrons. The number of nitrogens with zero attached hydrogens (tertiary/aromatic N) is 4. The molecule has 0 N–H and O–H groups in total. The van der Waals surface area contributed by atoms with Crippen LogP contribution >= 0.6 is 0 Å². The Balaban J connectivity index is 1.83. The molecule has 0 bridgehead atoms. The fourth-order valence-electron chi connectivity index (χ4n) is 3.48. The number of hydrogen-bond acceptors (Lipinski definition) is 4. The summed E-state index contributed by atoms with van der Waals surface area (Å²) in [6.07, 6.45) is 8.55. The quantitative estimate of drug-likeness (QED) is 0.816. The molecule has 0 spiro atoms. The lowest BCUT2D eigenvalue weighted by atomic mass is 10.1. The van der Waals surface area contributed by atoms with Gasteiger partial charge in [-0.25, -0.2) is 0 Å². The maximum Gasteiger partial charge on any atom is 0.150 e. The topological polar surface area (TPSA) is 43.2 Å². The van der Waals surface area contributed by atoms with E-state index in [0.717, 1.165) is 18.8 Å². The zero-order chi connectivity index (χ0) is 12.5. The van der Waals surface area contributed by atoms with Crippen LogP contribution in [0.1, 0.15) is 44.0 Å². The number of ether oxygens (including phenoxy) is 1. The Hall–Kier alpha value is -0.940. The second-order valence-corrected chi connectivity index (χ2v) is 5.54. The second kappa shape index (κ2) is 4.97. The fraction of sp³-hybridized carbons (Fsp3) is 0.846. The largest absolute Gasteiger partial charge is 0.380 e. The highest BCUT2D eigenvalue weighted by molar-refractivity contribution is 5.03. The lowest BCUT2D eigenvalue weighted by Crippen LogP contribution is -2.34. The van der Waals surface area contributed by atoms with Crippen molar-refractivity contribution in [2.45, 2.75) is 50.3 Å². The summed E-state index contributed by atoms with van der Waals surface area (Å²) in [6, 6.07) is 1.09. The van der Waals surface area contributed by atoms with Crippen molar-refractivity contribution < 1.29 is 4.74 Å². The summed E-state index contributed by atoms with van der Waals surface area (Å²) in [5.41, 5.74) is 0. The van der Waals surface area contributed by atoms with Crippen LogP contribution in [0.2, 0.25) is 0 Å². The highest BCUT2D eigenvalue weighted by Gasteiger charge is 2.40. The van der Waals surface area contributed by atoms with Crippen molar-refractivity contribution in [1.82, 2.24) is 19.7 Å². The van der Waals surface area contributed by atoms with Crippen LogP contribution in [-0.4, -0.2) is 45.5 Å². The first kappa shape index (κ1) is 12.1. The first-order chi connectivity index (χ1) is 8.79. The minimum Gasteiger partial charge on any atom is -0.380 e. The van der Waals surface area contributed by atoms with Crippen molar-refractivity contribution >= 4 is 0 Å². The molecule has 1 aromatic heterocycles. The van der Waals surface area contributed by atoms with Crippen molar-refractivity contribution in [1.29, 1.82) is 0 Å². The molecule has 1 aliphatic heterocycles. The molecule has 2 heterocycles. The third kappa shape index (κ3) is 2.06. The first-order valence-electron chi connectivity index (χ1n) is 6.92. The molecular weight excluding hydrogens is 228 g/mol. The van der Waals surface area contributed by atoms with E-state index in [1.165, 1.54) is 25.7 Å². The summed E-state index contributed by atoms with van der Waals surface area (Å²) in [4.78, 5) is 2.60. The molecular formula is C13H22N4O. The van der Waals surface area contributed by atoms with E-state index in [1.54, 1.807) is 6.33 Å². The molecule has 0 aromatic carbocycles. The summed E-state index contributed by atoms with van der Waals surface area (Å²) in [6.45, 7) is 1.04. The van der Waals surface area contributed by atoms with Gasteiger partial charge in [0.25, 0.3) is 0 Å². The number of rotatable bonds is 3. The van der Waals surface area contributed by atoms with Gasteiger partial charge in [-0.1, -0.05) is 12.8 Å². The standard InChI is InChI=1S/C13H22N4O/c1-16-9-14-15-13(16)12-7-11(18-2)8-17(12)10-5-3-4-6-10/h9-12H,3-8H2,1-2H3/t11-,12+/m1/s1. The Morgan fingerprint density at radius 1 is 1.33 bits per heavy atom. The Morgan fingerprint density at radius 3 is 2.72 bits per heavy atom. The van der Waals surface area contributed by atoms with Gasteiger partial charge in [0.2, 0.25) is 0 Å². The smallest absolute Gasteiger partial charge is 0.150 e. The minimum atomic E-state index is 0.340. The summed E-state index contributed by atoms with van der Waals surface area (Å²) in [7, 11) is 3.85. The van der Waals surface area contributed by atoms with Gasteiger partial charge in [0.15, 0.2) is 0 Å². The van der Waals surface area contributed by atoms with Gasteiger partial charge in [-0.15, -0.1) is 10.2 Å². The van der Waals surface area contributed by atoms with E-state index in [-0.39, 0.29) is 0 Å². The lowest BCUT2D eigenvalue weighted by Gasteiger charge is -2.29. The molecule has 0 radical (unpaired) electrons. The van der Waals surface area contributed by atoms with Gasteiger partial charge in [0.1, 0.15) is 12.2 Å². The Kier molecular flexibility index (Phi) is 3.35. The molecule has 1 aromatic rings. The maximum absolute atomic E-state index is 5.57. The molecule has 1 saturated carbocycles. The summed E-state index contributed by atoms with van der Waals surface area (Å²) in [5.74, 6) is 1.08. The predicted octanol–water partition coefficient (Wildman–Crippen LogP) is 1.52. The zero-order valence-electron chi connectivity index (χ0n) is 11.2. The average molecular weight is 250 g/mol. The highest BCUT2D eigenvalue weighted by Crippen LogP contribution is 2.38. The van der Waals surface area contributed by atoms with Gasteiger partial charge in [0.05, 0.1) is 12.1 Å². The minimum absolute atomic E-state index is 0.340. The van der Waals surface area contributed by atoms with Crippen LogP contribution in [0.5, 0.6) is 0 Å². The Morgan fingerprint density at radius 2 is 2.11 bits per heavy atom. The third-order valence-electron chi connectivity index (χ3n) is 4.47. The summed E-state index contributed by atoms with van der Waals surface area (Å²) < 4.78 is 7.62. The molecule has 2 aliphatic rings. The molecule has 0 amide bonds. The van der Waals surface area contributed by atoms with Crippen molar-refractivity contribution in [3.8, 4) is 0 Å². The van der Waals surface area contributed by atoms with E-state index in [2.05, 4.69) is 15.1 Å². The maximum atomic E-state index is 5.57. The van der Waals surface area contributed by atoms with E-state index < -0.39 is 0 Å². The van der Waals surface area contributed by atoms with Crippen molar-refractivity contribution in [3.63, 3.8) is 0 Å². The van der Waals surface area contributed by atoms with E-state index in [0.29, 0.717) is 18.2 Å². The van der Waals surface area contributed by atoms with E-state index in [9.17, 15) is 0 Å². The second-order valence-electron chi connectivity index (χ2n) is 5.54. The SMILES string of the molecule is CO[C@@H]1C[C@@H](c2nncn2C)N(C2CCCC2)C1. The van der Waals surface area contributed by atoms with Gasteiger partial charge in [0, 0.05) is 26.7 Å². The number of likely N-dealkylation sites (tertiary alicyclic amines) is 1. The summed E-state index contributed by atoms with van der Waals surface area (Å²) in [5, 5.41) is 8.33. The molecule has 1 aliphatic carbocycles. The van der Waals surface area contributed by atoms with Gasteiger partial charge >= 0.3 is 0 Å². The number of methoxy groups -OCH3 is 1. The van der Waals surface area contributed by atoms with Gasteiger partial charge in [-0.3, -0.25) is 4.90 Å². The lowest BCUT2D eigenvalue weighted by molar-refractivity contribution is 0.0996. The van der Waals surface area contributed by atoms with E-state index in [4.69, 9.17) is 4.74 Å². The number of hydrogen-bond donors (Lipinski definition) is 0. The Bertz CT molecular complexity index is 399. The molecule has 2 fully saturated rings. The average Bonchev–Trinajstić information content (AvgIpc) is 3.07. The molecule has 0 unspecified atom stereocenters. The van der Waals surface area contributed by atoms with Crippen LogP contribution in [0.15, 0.2) is 6.33 Å². The molecule has 2 atom stereocenters. The molecule has 5 nitrogen and oxygen atoms in total. The normalized spacial score (nSPS) is 30.3. The number of aryl methyl sites for hydroxylation is 1. The van der Waals surface area contributed by atoms with Gasteiger partial charge in [-0.2, -0.15) is 0 Å². The van der Waals surface area contributed by atoms with Gasteiger partial charge < -0.3 is 9.30 Å². The molecule has 5 heteroatoms. The van der Waals surface area contributed by atoms with Crippen molar-refractivity contribution in [2.24, 2.45) is 7.05 Å². The van der Waals surface area contributed by atoms with E-state index in [1.807, 2.05) is 18.7 Å². The van der Waals surface area contributed by atoms with Crippen molar-refractivity contribution in [2.75, 3.05) is 13.7 Å². The number of aromatic nitrogens is 3. The Labute approximate surface area is 108 Å². The van der Waals surface area contributed by atoms with Crippen molar-refractivity contribution in [3.05, 3.63) is 12.2 Å². The van der Waals surface area contributed by atoms with Crippen LogP contribution in [0.4, 0.5) is 0 Å². The highest BCUT2D eigenvalue weighted by atomic mass is 16.5. The molecule has 18 heavy (non-hydrogen) atoms. The molecule has 3 rings (SSSR count). The predicted molar refractivity (Wildman–Crippen MR) is 68.1 cm³/mol. The van der Waals surface area contributed by atoms with Crippen LogP contribution < -0.4 is 0 Å². The monoisotopic (exact) mass is 250 g/mol. The zero-order valence-corrected chi connectivity index (χ0v) is 11.2. The van der Waals surface area contributed by atoms with Gasteiger partial charge in [-0.05, 0) is 19.3 Å². The van der Waals surface area contributed by atoms with Crippen LogP contribution in [0.3, 0.4) is 0 Å². The van der Waals surface area contributed by atoms with Crippen LogP contribution in [0.25, 0.3) is 0 Å². The van der Waals surface area contributed by atoms with Crippen LogP contribution in [0, 0.1) is 0 Å². The molecule has 1 saturated heterocycles. The third-order valence-corrected chi connectivity index (χ3v) is 4.47. The first-order valence-corrected chi connectivity index (χ1v) is 6.92. The summed E-state index contributed by atoms with van der Waals surface area (Å²) >= 11 is 0. The fourth-order valence-corrected chi connectivity index (χ4v) is 3.48. The van der Waals surface area contributed by atoms with Crippen LogP contribution in [-0.2, 0) is 11.8 Å².